The van der Waals surface area contributed by atoms with E-state index in [1.807, 2.05) is 13.8 Å². The van der Waals surface area contributed by atoms with Crippen LogP contribution in [0.25, 0.3) is 0 Å². The van der Waals surface area contributed by atoms with Crippen molar-refractivity contribution in [1.29, 1.82) is 0 Å². The second-order valence-corrected chi connectivity index (χ2v) is 4.04. The van der Waals surface area contributed by atoms with E-state index in [1.54, 1.807) is 6.92 Å². The number of carbonyl (C=O) groups is 1. The Hall–Kier alpha value is -1.46. The van der Waals surface area contributed by atoms with Crippen LogP contribution < -0.4 is 0 Å². The van der Waals surface area contributed by atoms with Gasteiger partial charge in [-0.15, -0.1) is 0 Å². The molecule has 1 heterocycles. The van der Waals surface area contributed by atoms with Gasteiger partial charge in [-0.2, -0.15) is 5.10 Å². The van der Waals surface area contributed by atoms with E-state index in [-0.39, 0.29) is 23.8 Å². The quantitative estimate of drug-likeness (QED) is 0.750. The van der Waals surface area contributed by atoms with Crippen LogP contribution in [0.5, 0.6) is 0 Å². The summed E-state index contributed by atoms with van der Waals surface area (Å²) in [5.74, 6) is -0.583. The molecule has 0 N–H and O–H groups in total. The summed E-state index contributed by atoms with van der Waals surface area (Å²) in [6.45, 7) is 5.90. The summed E-state index contributed by atoms with van der Waals surface area (Å²) < 4.78 is 31.7. The number of hydrogen-bond donors (Lipinski definition) is 0. The monoisotopic (exact) mass is 246 g/mol. The van der Waals surface area contributed by atoms with Gasteiger partial charge in [0.2, 0.25) is 0 Å². The molecule has 4 nitrogen and oxygen atoms in total. The van der Waals surface area contributed by atoms with Crippen molar-refractivity contribution in [3.8, 4) is 0 Å². The van der Waals surface area contributed by atoms with E-state index in [0.29, 0.717) is 6.54 Å². The van der Waals surface area contributed by atoms with E-state index >= 15 is 0 Å². The fourth-order valence-corrected chi connectivity index (χ4v) is 1.48. The number of ether oxygens (including phenoxy) is 1. The second-order valence-electron chi connectivity index (χ2n) is 4.04. The van der Waals surface area contributed by atoms with Crippen molar-refractivity contribution < 1.29 is 18.3 Å². The summed E-state index contributed by atoms with van der Waals surface area (Å²) in [5.41, 5.74) is -0.514. The first kappa shape index (κ1) is 13.6. The lowest BCUT2D eigenvalue weighted by atomic mass is 10.2. The Morgan fingerprint density at radius 1 is 1.53 bits per heavy atom. The molecule has 1 rings (SSSR count). The molecule has 0 saturated carbocycles. The first-order chi connectivity index (χ1) is 7.97. The van der Waals surface area contributed by atoms with E-state index < -0.39 is 12.4 Å². The van der Waals surface area contributed by atoms with Crippen molar-refractivity contribution >= 4 is 5.97 Å². The van der Waals surface area contributed by atoms with Crippen LogP contribution in [0.15, 0.2) is 6.20 Å². The summed E-state index contributed by atoms with van der Waals surface area (Å²) in [6.07, 6.45) is -1.60. The minimum Gasteiger partial charge on any atom is -0.462 e. The van der Waals surface area contributed by atoms with Crippen molar-refractivity contribution in [2.45, 2.75) is 33.7 Å². The largest absolute Gasteiger partial charge is 0.462 e. The first-order valence-electron chi connectivity index (χ1n) is 5.48. The average Bonchev–Trinajstić information content (AvgIpc) is 2.60. The van der Waals surface area contributed by atoms with Crippen LogP contribution in [-0.4, -0.2) is 22.4 Å². The highest BCUT2D eigenvalue weighted by molar-refractivity contribution is 5.90. The standard InChI is InChI=1S/C11H16F2N2O2/c1-4-17-11(16)8-5-14-15(6-7(2)3)9(8)10(12)13/h5,7,10H,4,6H2,1-3H3. The number of nitrogens with zero attached hydrogens (tertiary/aromatic N) is 2. The van der Waals surface area contributed by atoms with E-state index in [1.165, 1.54) is 4.68 Å². The van der Waals surface area contributed by atoms with Gasteiger partial charge in [0.1, 0.15) is 11.3 Å². The minimum absolute atomic E-state index is 0.150. The highest BCUT2D eigenvalue weighted by Gasteiger charge is 2.25. The highest BCUT2D eigenvalue weighted by Crippen LogP contribution is 2.24. The summed E-state index contributed by atoms with van der Waals surface area (Å²) in [6, 6.07) is 0. The third-order valence-electron chi connectivity index (χ3n) is 2.12. The summed E-state index contributed by atoms with van der Waals surface area (Å²) >= 11 is 0. The highest BCUT2D eigenvalue weighted by atomic mass is 19.3. The third-order valence-corrected chi connectivity index (χ3v) is 2.12. The zero-order valence-electron chi connectivity index (χ0n) is 10.1. The molecular formula is C11H16F2N2O2. The molecule has 0 radical (unpaired) electrons. The van der Waals surface area contributed by atoms with Crippen LogP contribution in [0, 0.1) is 5.92 Å². The number of hydrogen-bond acceptors (Lipinski definition) is 3. The molecule has 0 aliphatic heterocycles. The van der Waals surface area contributed by atoms with Crippen molar-refractivity contribution in [2.24, 2.45) is 5.92 Å². The Balaban J connectivity index is 3.06. The van der Waals surface area contributed by atoms with Crippen molar-refractivity contribution in [3.63, 3.8) is 0 Å². The Kier molecular flexibility index (Phi) is 4.60. The number of rotatable bonds is 5. The van der Waals surface area contributed by atoms with Crippen molar-refractivity contribution in [3.05, 3.63) is 17.5 Å². The number of carbonyl (C=O) groups excluding carboxylic acids is 1. The Morgan fingerprint density at radius 3 is 2.65 bits per heavy atom. The lowest BCUT2D eigenvalue weighted by molar-refractivity contribution is 0.0513. The molecule has 0 saturated heterocycles. The molecule has 6 heteroatoms. The van der Waals surface area contributed by atoms with Gasteiger partial charge >= 0.3 is 5.97 Å². The molecule has 0 spiro atoms. The fraction of sp³-hybridized carbons (Fsp3) is 0.636. The molecule has 0 atom stereocenters. The molecule has 17 heavy (non-hydrogen) atoms. The fourth-order valence-electron chi connectivity index (χ4n) is 1.48. The van der Waals surface area contributed by atoms with Crippen LogP contribution in [0.4, 0.5) is 8.78 Å². The molecular weight excluding hydrogens is 230 g/mol. The van der Waals surface area contributed by atoms with Crippen molar-refractivity contribution in [2.75, 3.05) is 6.61 Å². The molecule has 0 aliphatic carbocycles. The van der Waals surface area contributed by atoms with Gasteiger partial charge in [-0.3, -0.25) is 4.68 Å². The Bertz CT molecular complexity index is 389. The predicted molar refractivity (Wildman–Crippen MR) is 58.0 cm³/mol. The Labute approximate surface area is 98.6 Å². The van der Waals surface area contributed by atoms with E-state index in [4.69, 9.17) is 4.74 Å². The molecule has 0 aliphatic rings. The zero-order chi connectivity index (χ0) is 13.0. The van der Waals surface area contributed by atoms with Gasteiger partial charge in [0, 0.05) is 6.54 Å². The van der Waals surface area contributed by atoms with Crippen molar-refractivity contribution in [1.82, 2.24) is 9.78 Å². The van der Waals surface area contributed by atoms with E-state index in [0.717, 1.165) is 6.20 Å². The molecule has 0 bridgehead atoms. The predicted octanol–water partition coefficient (Wildman–Crippen LogP) is 2.65. The molecule has 0 unspecified atom stereocenters. The molecule has 1 aromatic heterocycles. The maximum Gasteiger partial charge on any atom is 0.341 e. The van der Waals surface area contributed by atoms with E-state index in [2.05, 4.69) is 5.10 Å². The number of alkyl halides is 2. The smallest absolute Gasteiger partial charge is 0.341 e. The molecule has 0 amide bonds. The van der Waals surface area contributed by atoms with Gasteiger partial charge in [0.15, 0.2) is 0 Å². The van der Waals surface area contributed by atoms with Crippen LogP contribution in [0.2, 0.25) is 0 Å². The lowest BCUT2D eigenvalue weighted by Gasteiger charge is -2.10. The van der Waals surface area contributed by atoms with Gasteiger partial charge in [-0.05, 0) is 12.8 Å². The third kappa shape index (κ3) is 3.25. The summed E-state index contributed by atoms with van der Waals surface area (Å²) in [5, 5.41) is 3.82. The number of aromatic nitrogens is 2. The van der Waals surface area contributed by atoms with Gasteiger partial charge in [0.25, 0.3) is 6.43 Å². The SMILES string of the molecule is CCOC(=O)c1cnn(CC(C)C)c1C(F)F. The second kappa shape index (κ2) is 5.75. The van der Waals surface area contributed by atoms with Gasteiger partial charge < -0.3 is 4.74 Å². The summed E-state index contributed by atoms with van der Waals surface area (Å²) in [7, 11) is 0. The van der Waals surface area contributed by atoms with Gasteiger partial charge in [-0.1, -0.05) is 13.8 Å². The van der Waals surface area contributed by atoms with Gasteiger partial charge in [0.05, 0.1) is 12.8 Å². The zero-order valence-corrected chi connectivity index (χ0v) is 10.1. The maximum absolute atomic E-state index is 12.9. The normalized spacial score (nSPS) is 11.2. The van der Waals surface area contributed by atoms with Gasteiger partial charge in [-0.25, -0.2) is 13.6 Å². The maximum atomic E-state index is 12.9. The van der Waals surface area contributed by atoms with E-state index in [9.17, 15) is 13.6 Å². The average molecular weight is 246 g/mol. The van der Waals surface area contributed by atoms with Crippen LogP contribution in [0.3, 0.4) is 0 Å². The molecule has 0 aromatic carbocycles. The molecule has 0 fully saturated rings. The Morgan fingerprint density at radius 2 is 2.18 bits per heavy atom. The van der Waals surface area contributed by atoms with Crippen LogP contribution >= 0.6 is 0 Å². The number of halogens is 2. The van der Waals surface area contributed by atoms with Crippen LogP contribution in [-0.2, 0) is 11.3 Å². The van der Waals surface area contributed by atoms with Crippen LogP contribution in [0.1, 0.15) is 43.2 Å². The lowest BCUT2D eigenvalue weighted by Crippen LogP contribution is -2.13. The molecule has 1 aromatic rings. The summed E-state index contributed by atoms with van der Waals surface area (Å²) in [4.78, 5) is 11.5. The topological polar surface area (TPSA) is 44.1 Å². The first-order valence-corrected chi connectivity index (χ1v) is 5.48. The minimum atomic E-state index is -2.74. The number of esters is 1. The molecule has 96 valence electrons.